The minimum atomic E-state index is -0.0211. The van der Waals surface area contributed by atoms with Crippen LogP contribution in [-0.2, 0) is 7.05 Å². The van der Waals surface area contributed by atoms with Gasteiger partial charge in [0, 0.05) is 31.0 Å². The minimum Gasteiger partial charge on any atom is -0.474 e. The van der Waals surface area contributed by atoms with Crippen LogP contribution in [0.1, 0.15) is 47.4 Å². The van der Waals surface area contributed by atoms with Crippen molar-refractivity contribution in [1.29, 1.82) is 0 Å². The molecule has 1 saturated carbocycles. The highest BCUT2D eigenvalue weighted by molar-refractivity contribution is 5.96. The lowest BCUT2D eigenvalue weighted by molar-refractivity contribution is 0.0889. The van der Waals surface area contributed by atoms with E-state index in [0.29, 0.717) is 11.4 Å². The van der Waals surface area contributed by atoms with Gasteiger partial charge in [0.1, 0.15) is 6.10 Å². The Bertz CT molecular complexity index is 703. The predicted molar refractivity (Wildman–Crippen MR) is 91.1 cm³/mol. The quantitative estimate of drug-likeness (QED) is 0.936. The lowest BCUT2D eigenvalue weighted by Gasteiger charge is -2.29. The zero-order chi connectivity index (χ0) is 17.1. The van der Waals surface area contributed by atoms with Gasteiger partial charge in [0.25, 0.3) is 5.91 Å². The van der Waals surface area contributed by atoms with Gasteiger partial charge in [-0.25, -0.2) is 4.98 Å². The Labute approximate surface area is 142 Å². The molecule has 128 valence electrons. The molecule has 0 spiro atoms. The highest BCUT2D eigenvalue weighted by Gasteiger charge is 2.26. The number of carbonyl (C=O) groups is 1. The number of aromatic nitrogens is 3. The number of rotatable bonds is 4. The van der Waals surface area contributed by atoms with E-state index in [-0.39, 0.29) is 18.1 Å². The number of carbonyl (C=O) groups excluding carboxylic acids is 1. The van der Waals surface area contributed by atoms with Gasteiger partial charge in [0.05, 0.1) is 11.3 Å². The number of aryl methyl sites for hydroxylation is 2. The summed E-state index contributed by atoms with van der Waals surface area (Å²) in [4.78, 5) is 16.7. The van der Waals surface area contributed by atoms with E-state index in [0.717, 1.165) is 37.1 Å². The summed E-state index contributed by atoms with van der Waals surface area (Å²) in [5, 5.41) is 7.46. The van der Waals surface area contributed by atoms with Crippen molar-refractivity contribution < 1.29 is 9.53 Å². The molecular formula is C18H24N4O2. The second-order valence-corrected chi connectivity index (χ2v) is 6.40. The molecule has 2 heterocycles. The normalized spacial score (nSPS) is 20.6. The van der Waals surface area contributed by atoms with E-state index < -0.39 is 0 Å². The van der Waals surface area contributed by atoms with Crippen LogP contribution >= 0.6 is 0 Å². The van der Waals surface area contributed by atoms with Gasteiger partial charge in [-0.15, -0.1) is 0 Å². The number of amides is 1. The van der Waals surface area contributed by atoms with Crippen LogP contribution in [0.3, 0.4) is 0 Å². The molecule has 0 radical (unpaired) electrons. The van der Waals surface area contributed by atoms with Crippen LogP contribution in [0.25, 0.3) is 0 Å². The molecule has 0 aliphatic heterocycles. The van der Waals surface area contributed by atoms with Gasteiger partial charge in [0.2, 0.25) is 5.88 Å². The fourth-order valence-corrected chi connectivity index (χ4v) is 3.27. The smallest absolute Gasteiger partial charge is 0.255 e. The maximum absolute atomic E-state index is 12.5. The van der Waals surface area contributed by atoms with E-state index in [1.807, 2.05) is 39.1 Å². The van der Waals surface area contributed by atoms with Gasteiger partial charge in [-0.1, -0.05) is 6.07 Å². The highest BCUT2D eigenvalue weighted by Crippen LogP contribution is 2.23. The summed E-state index contributed by atoms with van der Waals surface area (Å²) in [5.41, 5.74) is 2.38. The molecule has 3 rings (SSSR count). The second-order valence-electron chi connectivity index (χ2n) is 6.40. The summed E-state index contributed by atoms with van der Waals surface area (Å²) in [6, 6.07) is 5.87. The Morgan fingerprint density at radius 3 is 2.58 bits per heavy atom. The van der Waals surface area contributed by atoms with Crippen molar-refractivity contribution in [3.8, 4) is 5.88 Å². The van der Waals surface area contributed by atoms with E-state index in [1.165, 1.54) is 0 Å². The Hall–Kier alpha value is -2.37. The summed E-state index contributed by atoms with van der Waals surface area (Å²) in [6.45, 7) is 3.80. The standard InChI is InChI=1S/C18H24N4O2/c1-12-17(13(2)22(3)21-12)18(23)20-14-7-9-15(10-8-14)24-16-6-4-5-11-19-16/h4-6,11,14-15H,7-10H2,1-3H3,(H,20,23). The maximum atomic E-state index is 12.5. The maximum Gasteiger partial charge on any atom is 0.255 e. The third-order valence-corrected chi connectivity index (χ3v) is 4.67. The zero-order valence-electron chi connectivity index (χ0n) is 14.5. The first kappa shape index (κ1) is 16.5. The molecule has 1 fully saturated rings. The van der Waals surface area contributed by atoms with Gasteiger partial charge in [-0.3, -0.25) is 9.48 Å². The van der Waals surface area contributed by atoms with Crippen molar-refractivity contribution in [2.24, 2.45) is 7.05 Å². The van der Waals surface area contributed by atoms with E-state index in [9.17, 15) is 4.79 Å². The first-order valence-electron chi connectivity index (χ1n) is 8.43. The number of ether oxygens (including phenoxy) is 1. The molecule has 1 aliphatic carbocycles. The third kappa shape index (κ3) is 3.58. The van der Waals surface area contributed by atoms with Gasteiger partial charge >= 0.3 is 0 Å². The lowest BCUT2D eigenvalue weighted by atomic mass is 9.92. The molecule has 1 aliphatic rings. The van der Waals surface area contributed by atoms with Crippen LogP contribution in [0.5, 0.6) is 5.88 Å². The highest BCUT2D eigenvalue weighted by atomic mass is 16.5. The van der Waals surface area contributed by atoms with Gasteiger partial charge in [-0.2, -0.15) is 5.10 Å². The van der Waals surface area contributed by atoms with Crippen molar-refractivity contribution in [3.63, 3.8) is 0 Å². The van der Waals surface area contributed by atoms with E-state index >= 15 is 0 Å². The SMILES string of the molecule is Cc1nn(C)c(C)c1C(=O)NC1CCC(Oc2ccccn2)CC1. The summed E-state index contributed by atoms with van der Waals surface area (Å²) in [6.07, 6.45) is 5.59. The molecule has 2 aromatic heterocycles. The zero-order valence-corrected chi connectivity index (χ0v) is 14.5. The predicted octanol–water partition coefficient (Wildman–Crippen LogP) is 2.55. The average Bonchev–Trinajstić information content (AvgIpc) is 2.83. The molecule has 0 saturated heterocycles. The average molecular weight is 328 g/mol. The fraction of sp³-hybridized carbons (Fsp3) is 0.500. The number of nitrogens with zero attached hydrogens (tertiary/aromatic N) is 3. The van der Waals surface area contributed by atoms with Crippen LogP contribution in [0.15, 0.2) is 24.4 Å². The van der Waals surface area contributed by atoms with Gasteiger partial charge in [0.15, 0.2) is 0 Å². The first-order chi connectivity index (χ1) is 11.5. The van der Waals surface area contributed by atoms with Crippen LogP contribution in [-0.4, -0.2) is 32.8 Å². The molecule has 0 unspecified atom stereocenters. The van der Waals surface area contributed by atoms with Crippen molar-refractivity contribution in [3.05, 3.63) is 41.3 Å². The van der Waals surface area contributed by atoms with E-state index in [2.05, 4.69) is 15.4 Å². The molecule has 1 N–H and O–H groups in total. The third-order valence-electron chi connectivity index (χ3n) is 4.67. The monoisotopic (exact) mass is 328 g/mol. The second kappa shape index (κ2) is 7.03. The molecule has 2 aromatic rings. The minimum absolute atomic E-state index is 0.0211. The number of hydrogen-bond acceptors (Lipinski definition) is 4. The lowest BCUT2D eigenvalue weighted by Crippen LogP contribution is -2.40. The molecule has 24 heavy (non-hydrogen) atoms. The molecular weight excluding hydrogens is 304 g/mol. The Morgan fingerprint density at radius 1 is 1.25 bits per heavy atom. The van der Waals surface area contributed by atoms with Crippen LogP contribution in [0, 0.1) is 13.8 Å². The molecule has 0 bridgehead atoms. The summed E-state index contributed by atoms with van der Waals surface area (Å²) >= 11 is 0. The van der Waals surface area contributed by atoms with Crippen LogP contribution in [0.2, 0.25) is 0 Å². The topological polar surface area (TPSA) is 69.0 Å². The van der Waals surface area contributed by atoms with Gasteiger partial charge < -0.3 is 10.1 Å². The number of hydrogen-bond donors (Lipinski definition) is 1. The molecule has 6 nitrogen and oxygen atoms in total. The molecule has 0 atom stereocenters. The van der Waals surface area contributed by atoms with Crippen molar-refractivity contribution >= 4 is 5.91 Å². The van der Waals surface area contributed by atoms with Crippen LogP contribution < -0.4 is 10.1 Å². The molecule has 1 amide bonds. The van der Waals surface area contributed by atoms with Crippen LogP contribution in [0.4, 0.5) is 0 Å². The van der Waals surface area contributed by atoms with E-state index in [4.69, 9.17) is 4.74 Å². The van der Waals surface area contributed by atoms with Crippen molar-refractivity contribution in [2.75, 3.05) is 0 Å². The Morgan fingerprint density at radius 2 is 2.00 bits per heavy atom. The summed E-state index contributed by atoms with van der Waals surface area (Å²) < 4.78 is 7.65. The molecule has 0 aromatic carbocycles. The van der Waals surface area contributed by atoms with E-state index in [1.54, 1.807) is 10.9 Å². The van der Waals surface area contributed by atoms with Gasteiger partial charge in [-0.05, 0) is 45.6 Å². The first-order valence-corrected chi connectivity index (χ1v) is 8.43. The summed E-state index contributed by atoms with van der Waals surface area (Å²) in [5.74, 6) is 0.652. The fourth-order valence-electron chi connectivity index (χ4n) is 3.27. The largest absolute Gasteiger partial charge is 0.474 e. The number of pyridine rings is 1. The number of nitrogens with one attached hydrogen (secondary N) is 1. The van der Waals surface area contributed by atoms with Crippen molar-refractivity contribution in [1.82, 2.24) is 20.1 Å². The van der Waals surface area contributed by atoms with Crippen molar-refractivity contribution in [2.45, 2.75) is 51.7 Å². The Kier molecular flexibility index (Phi) is 4.83. The summed E-state index contributed by atoms with van der Waals surface area (Å²) in [7, 11) is 1.86. The molecule has 6 heteroatoms. The Balaban J connectivity index is 1.53.